The van der Waals surface area contributed by atoms with Gasteiger partial charge in [-0.2, -0.15) is 0 Å². The number of aryl methyl sites for hydroxylation is 1. The molecule has 0 aromatic heterocycles. The fourth-order valence-corrected chi connectivity index (χ4v) is 3.33. The van der Waals surface area contributed by atoms with Crippen molar-refractivity contribution in [3.05, 3.63) is 59.7 Å². The summed E-state index contributed by atoms with van der Waals surface area (Å²) in [5.74, 6) is 1.94. The summed E-state index contributed by atoms with van der Waals surface area (Å²) >= 11 is 1.87. The topological polar surface area (TPSA) is 21.3 Å². The molecule has 0 heterocycles. The third-order valence-corrected chi connectivity index (χ3v) is 4.48. The summed E-state index contributed by atoms with van der Waals surface area (Å²) in [6, 6.07) is 17.2. The summed E-state index contributed by atoms with van der Waals surface area (Å²) in [6.45, 7) is 5.20. The first-order valence-corrected chi connectivity index (χ1v) is 8.29. The predicted octanol–water partition coefficient (Wildman–Crippen LogP) is 4.45. The van der Waals surface area contributed by atoms with Gasteiger partial charge in [0.2, 0.25) is 0 Å². The van der Waals surface area contributed by atoms with Crippen molar-refractivity contribution in [2.75, 3.05) is 19.4 Å². The summed E-state index contributed by atoms with van der Waals surface area (Å²) in [5, 5.41) is 3.57. The van der Waals surface area contributed by atoms with Crippen LogP contribution in [0, 0.1) is 6.92 Å². The molecule has 112 valence electrons. The van der Waals surface area contributed by atoms with Crippen molar-refractivity contribution in [1.29, 1.82) is 0 Å². The van der Waals surface area contributed by atoms with Gasteiger partial charge in [-0.25, -0.2) is 0 Å². The standard InChI is InChI=1S/C18H23NOS/c1-4-19-17(13-21-15-8-6-5-7-9-15)16-12-14(2)10-11-18(16)20-3/h5-12,17,19H,4,13H2,1-3H3. The Bertz CT molecular complexity index is 556. The van der Waals surface area contributed by atoms with Gasteiger partial charge in [-0.05, 0) is 31.7 Å². The SMILES string of the molecule is CCNC(CSc1ccccc1)c1cc(C)ccc1OC. The van der Waals surface area contributed by atoms with Gasteiger partial charge >= 0.3 is 0 Å². The quantitative estimate of drug-likeness (QED) is 0.764. The van der Waals surface area contributed by atoms with E-state index in [1.807, 2.05) is 11.8 Å². The molecule has 2 aromatic rings. The van der Waals surface area contributed by atoms with E-state index < -0.39 is 0 Å². The largest absolute Gasteiger partial charge is 0.496 e. The van der Waals surface area contributed by atoms with Crippen molar-refractivity contribution in [3.63, 3.8) is 0 Å². The molecule has 0 aliphatic carbocycles. The van der Waals surface area contributed by atoms with Crippen molar-refractivity contribution >= 4 is 11.8 Å². The van der Waals surface area contributed by atoms with E-state index in [-0.39, 0.29) is 6.04 Å². The average Bonchev–Trinajstić information content (AvgIpc) is 2.52. The molecular formula is C18H23NOS. The normalized spacial score (nSPS) is 12.1. The zero-order valence-electron chi connectivity index (χ0n) is 12.9. The summed E-state index contributed by atoms with van der Waals surface area (Å²) in [5.41, 5.74) is 2.50. The maximum absolute atomic E-state index is 5.53. The van der Waals surface area contributed by atoms with Gasteiger partial charge in [0.05, 0.1) is 7.11 Å². The third-order valence-electron chi connectivity index (χ3n) is 3.37. The van der Waals surface area contributed by atoms with E-state index in [4.69, 9.17) is 4.74 Å². The molecule has 21 heavy (non-hydrogen) atoms. The van der Waals surface area contributed by atoms with Crippen LogP contribution in [-0.2, 0) is 0 Å². The number of thioether (sulfide) groups is 1. The molecule has 0 saturated carbocycles. The first kappa shape index (κ1) is 15.9. The summed E-state index contributed by atoms with van der Waals surface area (Å²) in [6.07, 6.45) is 0. The molecule has 2 aromatic carbocycles. The van der Waals surface area contributed by atoms with E-state index >= 15 is 0 Å². The van der Waals surface area contributed by atoms with Gasteiger partial charge in [0.15, 0.2) is 0 Å². The van der Waals surface area contributed by atoms with Gasteiger partial charge < -0.3 is 10.1 Å². The maximum Gasteiger partial charge on any atom is 0.123 e. The Kier molecular flexibility index (Phi) is 6.15. The molecule has 2 nitrogen and oxygen atoms in total. The maximum atomic E-state index is 5.53. The van der Waals surface area contributed by atoms with Crippen molar-refractivity contribution in [3.8, 4) is 5.75 Å². The lowest BCUT2D eigenvalue weighted by Gasteiger charge is -2.21. The Morgan fingerprint density at radius 2 is 1.90 bits per heavy atom. The molecule has 0 bridgehead atoms. The molecule has 0 saturated heterocycles. The second kappa shape index (κ2) is 8.11. The summed E-state index contributed by atoms with van der Waals surface area (Å²) < 4.78 is 5.53. The molecule has 0 fully saturated rings. The first-order valence-electron chi connectivity index (χ1n) is 7.30. The second-order valence-corrected chi connectivity index (χ2v) is 6.07. The third kappa shape index (κ3) is 4.51. The van der Waals surface area contributed by atoms with Crippen LogP contribution in [0.3, 0.4) is 0 Å². The highest BCUT2D eigenvalue weighted by atomic mass is 32.2. The minimum absolute atomic E-state index is 0.287. The van der Waals surface area contributed by atoms with Gasteiger partial charge in [-0.15, -0.1) is 11.8 Å². The monoisotopic (exact) mass is 301 g/mol. The fourth-order valence-electron chi connectivity index (χ4n) is 2.33. The zero-order chi connectivity index (χ0) is 15.1. The number of benzene rings is 2. The minimum Gasteiger partial charge on any atom is -0.496 e. The number of hydrogen-bond donors (Lipinski definition) is 1. The molecule has 0 aliphatic rings. The molecule has 3 heteroatoms. The Labute approximate surface area is 131 Å². The summed E-state index contributed by atoms with van der Waals surface area (Å²) in [7, 11) is 1.74. The first-order chi connectivity index (χ1) is 10.2. The molecule has 1 unspecified atom stereocenters. The average molecular weight is 301 g/mol. The fraction of sp³-hybridized carbons (Fsp3) is 0.333. The molecule has 0 aliphatic heterocycles. The lowest BCUT2D eigenvalue weighted by Crippen LogP contribution is -2.23. The number of hydrogen-bond acceptors (Lipinski definition) is 3. The second-order valence-electron chi connectivity index (χ2n) is 4.98. The lowest BCUT2D eigenvalue weighted by molar-refractivity contribution is 0.403. The molecule has 1 atom stereocenters. The highest BCUT2D eigenvalue weighted by Gasteiger charge is 2.15. The van der Waals surface area contributed by atoms with Gasteiger partial charge in [-0.3, -0.25) is 0 Å². The molecule has 0 amide bonds. The van der Waals surface area contributed by atoms with E-state index in [9.17, 15) is 0 Å². The number of rotatable bonds is 7. The van der Waals surface area contributed by atoms with Crippen LogP contribution in [0.15, 0.2) is 53.4 Å². The van der Waals surface area contributed by atoms with Crippen LogP contribution < -0.4 is 10.1 Å². The van der Waals surface area contributed by atoms with Gasteiger partial charge in [-0.1, -0.05) is 42.8 Å². The number of nitrogens with one attached hydrogen (secondary N) is 1. The van der Waals surface area contributed by atoms with E-state index in [1.165, 1.54) is 16.0 Å². The number of ether oxygens (including phenoxy) is 1. The Morgan fingerprint density at radius 3 is 2.57 bits per heavy atom. The van der Waals surface area contributed by atoms with Crippen molar-refractivity contribution in [2.24, 2.45) is 0 Å². The van der Waals surface area contributed by atoms with Crippen LogP contribution in [0.2, 0.25) is 0 Å². The summed E-state index contributed by atoms with van der Waals surface area (Å²) in [4.78, 5) is 1.30. The molecular weight excluding hydrogens is 278 g/mol. The van der Waals surface area contributed by atoms with Crippen molar-refractivity contribution in [2.45, 2.75) is 24.8 Å². The Morgan fingerprint density at radius 1 is 1.14 bits per heavy atom. The van der Waals surface area contributed by atoms with Gasteiger partial charge in [0, 0.05) is 22.3 Å². The highest BCUT2D eigenvalue weighted by Crippen LogP contribution is 2.30. The van der Waals surface area contributed by atoms with Crippen LogP contribution in [0.25, 0.3) is 0 Å². The Balaban J connectivity index is 2.16. The molecule has 0 spiro atoms. The lowest BCUT2D eigenvalue weighted by atomic mass is 10.0. The molecule has 1 N–H and O–H groups in total. The van der Waals surface area contributed by atoms with Crippen LogP contribution in [0.4, 0.5) is 0 Å². The van der Waals surface area contributed by atoms with Gasteiger partial charge in [0.1, 0.15) is 5.75 Å². The smallest absolute Gasteiger partial charge is 0.123 e. The van der Waals surface area contributed by atoms with Crippen molar-refractivity contribution in [1.82, 2.24) is 5.32 Å². The van der Waals surface area contributed by atoms with Crippen LogP contribution >= 0.6 is 11.8 Å². The van der Waals surface area contributed by atoms with E-state index in [2.05, 4.69) is 67.7 Å². The molecule has 2 rings (SSSR count). The number of methoxy groups -OCH3 is 1. The van der Waals surface area contributed by atoms with Gasteiger partial charge in [0.25, 0.3) is 0 Å². The van der Waals surface area contributed by atoms with Crippen LogP contribution in [0.1, 0.15) is 24.1 Å². The minimum atomic E-state index is 0.287. The zero-order valence-corrected chi connectivity index (χ0v) is 13.7. The van der Waals surface area contributed by atoms with Crippen LogP contribution in [-0.4, -0.2) is 19.4 Å². The highest BCUT2D eigenvalue weighted by molar-refractivity contribution is 7.99. The van der Waals surface area contributed by atoms with Crippen LogP contribution in [0.5, 0.6) is 5.75 Å². The Hall–Kier alpha value is -1.45. The predicted molar refractivity (Wildman–Crippen MR) is 91.3 cm³/mol. The van der Waals surface area contributed by atoms with E-state index in [1.54, 1.807) is 7.11 Å². The van der Waals surface area contributed by atoms with Crippen molar-refractivity contribution < 1.29 is 4.74 Å². The molecule has 0 radical (unpaired) electrons. The van der Waals surface area contributed by atoms with E-state index in [0.717, 1.165) is 18.0 Å². The van der Waals surface area contributed by atoms with E-state index in [0.29, 0.717) is 0 Å².